The zero-order valence-corrected chi connectivity index (χ0v) is 10.9. The summed E-state index contributed by atoms with van der Waals surface area (Å²) in [7, 11) is 0. The average Bonchev–Trinajstić information content (AvgIpc) is 2.28. The zero-order valence-electron chi connectivity index (χ0n) is 9.31. The third kappa shape index (κ3) is 3.16. The van der Waals surface area contributed by atoms with E-state index in [4.69, 9.17) is 5.73 Å². The minimum Gasteiger partial charge on any atom is -0.372 e. The van der Waals surface area contributed by atoms with E-state index in [1.807, 2.05) is 0 Å². The minimum absolute atomic E-state index is 0.299. The first kappa shape index (κ1) is 13.4. The Labute approximate surface area is 107 Å². The standard InChI is InChI=1S/C10H13BrN4O2/c1-3-4-15-10(17)8(11)7(5-13-15)14-6(2)9(12)16/h3,5-6,14H,1,4H2,2H3,(H2,12,16). The largest absolute Gasteiger partial charge is 0.372 e. The van der Waals surface area contributed by atoms with E-state index in [0.717, 1.165) is 0 Å². The van der Waals surface area contributed by atoms with E-state index in [2.05, 4.69) is 32.9 Å². The smallest absolute Gasteiger partial charge is 0.283 e. The van der Waals surface area contributed by atoms with Crippen LogP contribution in [0.1, 0.15) is 6.92 Å². The molecule has 1 amide bonds. The Morgan fingerprint density at radius 2 is 2.47 bits per heavy atom. The summed E-state index contributed by atoms with van der Waals surface area (Å²) in [6.07, 6.45) is 3.02. The molecule has 0 aliphatic heterocycles. The van der Waals surface area contributed by atoms with Crippen LogP contribution >= 0.6 is 15.9 Å². The molecule has 7 heteroatoms. The number of nitrogens with two attached hydrogens (primary N) is 1. The molecule has 1 heterocycles. The van der Waals surface area contributed by atoms with Gasteiger partial charge in [0, 0.05) is 0 Å². The van der Waals surface area contributed by atoms with Crippen LogP contribution in [0.15, 0.2) is 28.1 Å². The zero-order chi connectivity index (χ0) is 13.0. The first-order chi connectivity index (χ1) is 7.97. The topological polar surface area (TPSA) is 90.0 Å². The molecule has 1 aromatic rings. The second-order valence-corrected chi connectivity index (χ2v) is 4.21. The minimum atomic E-state index is -0.581. The number of hydrogen-bond acceptors (Lipinski definition) is 4. The van der Waals surface area contributed by atoms with Crippen LogP contribution in [0.3, 0.4) is 0 Å². The van der Waals surface area contributed by atoms with E-state index in [-0.39, 0.29) is 5.56 Å². The summed E-state index contributed by atoms with van der Waals surface area (Å²) in [4.78, 5) is 22.7. The highest BCUT2D eigenvalue weighted by Gasteiger charge is 2.13. The van der Waals surface area contributed by atoms with Gasteiger partial charge in [-0.25, -0.2) is 4.68 Å². The van der Waals surface area contributed by atoms with Gasteiger partial charge in [0.2, 0.25) is 5.91 Å². The summed E-state index contributed by atoms with van der Waals surface area (Å²) in [5, 5.41) is 6.73. The Balaban J connectivity index is 3.04. The molecule has 1 atom stereocenters. The number of allylic oxidation sites excluding steroid dienone is 1. The fourth-order valence-corrected chi connectivity index (χ4v) is 1.54. The SMILES string of the molecule is C=CCn1ncc(NC(C)C(N)=O)c(Br)c1=O. The third-order valence-corrected chi connectivity index (χ3v) is 2.85. The second kappa shape index (κ2) is 5.62. The summed E-state index contributed by atoms with van der Waals surface area (Å²) in [6, 6.07) is -0.581. The van der Waals surface area contributed by atoms with E-state index in [1.165, 1.54) is 10.9 Å². The fraction of sp³-hybridized carbons (Fsp3) is 0.300. The number of hydrogen-bond donors (Lipinski definition) is 2. The van der Waals surface area contributed by atoms with Crippen molar-refractivity contribution < 1.29 is 4.79 Å². The summed E-state index contributed by atoms with van der Waals surface area (Å²) < 4.78 is 1.56. The molecule has 1 aromatic heterocycles. The number of aromatic nitrogens is 2. The van der Waals surface area contributed by atoms with E-state index >= 15 is 0 Å². The molecule has 1 unspecified atom stereocenters. The Hall–Kier alpha value is -1.63. The Bertz CT molecular complexity index is 498. The van der Waals surface area contributed by atoms with Gasteiger partial charge in [0.25, 0.3) is 5.56 Å². The van der Waals surface area contributed by atoms with Gasteiger partial charge in [-0.1, -0.05) is 6.08 Å². The predicted molar refractivity (Wildman–Crippen MR) is 68.7 cm³/mol. The third-order valence-electron chi connectivity index (χ3n) is 2.09. The molecule has 0 aliphatic rings. The lowest BCUT2D eigenvalue weighted by Crippen LogP contribution is -2.34. The molecule has 92 valence electrons. The van der Waals surface area contributed by atoms with Crippen molar-refractivity contribution in [3.05, 3.63) is 33.7 Å². The maximum atomic E-state index is 11.8. The summed E-state index contributed by atoms with van der Waals surface area (Å²) in [5.74, 6) is -0.507. The molecule has 0 fully saturated rings. The van der Waals surface area contributed by atoms with Crippen LogP contribution in [0.4, 0.5) is 5.69 Å². The van der Waals surface area contributed by atoms with Crippen LogP contribution in [0, 0.1) is 0 Å². The number of nitrogens with zero attached hydrogens (tertiary/aromatic N) is 2. The van der Waals surface area contributed by atoms with Gasteiger partial charge in [0.05, 0.1) is 18.4 Å². The van der Waals surface area contributed by atoms with Gasteiger partial charge in [0.1, 0.15) is 10.5 Å². The molecule has 0 aliphatic carbocycles. The summed E-state index contributed by atoms with van der Waals surface area (Å²) in [6.45, 7) is 5.45. The molecular weight excluding hydrogens is 288 g/mol. The van der Waals surface area contributed by atoms with Gasteiger partial charge < -0.3 is 11.1 Å². The van der Waals surface area contributed by atoms with Gasteiger partial charge in [-0.2, -0.15) is 5.10 Å². The number of nitrogens with one attached hydrogen (secondary N) is 1. The molecule has 0 radical (unpaired) electrons. The highest BCUT2D eigenvalue weighted by molar-refractivity contribution is 9.10. The maximum Gasteiger partial charge on any atom is 0.283 e. The number of amides is 1. The first-order valence-corrected chi connectivity index (χ1v) is 5.69. The maximum absolute atomic E-state index is 11.8. The van der Waals surface area contributed by atoms with Crippen molar-refractivity contribution >= 4 is 27.5 Å². The molecular formula is C10H13BrN4O2. The van der Waals surface area contributed by atoms with E-state index < -0.39 is 11.9 Å². The number of carbonyl (C=O) groups is 1. The summed E-state index contributed by atoms with van der Waals surface area (Å²) in [5.41, 5.74) is 5.25. The van der Waals surface area contributed by atoms with Crippen molar-refractivity contribution in [1.29, 1.82) is 0 Å². The average molecular weight is 301 g/mol. The molecule has 0 spiro atoms. The predicted octanol–water partition coefficient (Wildman–Crippen LogP) is 0.477. The van der Waals surface area contributed by atoms with Crippen LogP contribution in [-0.2, 0) is 11.3 Å². The second-order valence-electron chi connectivity index (χ2n) is 3.42. The monoisotopic (exact) mass is 300 g/mol. The molecule has 17 heavy (non-hydrogen) atoms. The van der Waals surface area contributed by atoms with Gasteiger partial charge in [0.15, 0.2) is 0 Å². The lowest BCUT2D eigenvalue weighted by atomic mass is 10.3. The van der Waals surface area contributed by atoms with Gasteiger partial charge in [-0.3, -0.25) is 9.59 Å². The van der Waals surface area contributed by atoms with E-state index in [0.29, 0.717) is 16.7 Å². The summed E-state index contributed by atoms with van der Waals surface area (Å²) >= 11 is 3.16. The number of carbonyl (C=O) groups excluding carboxylic acids is 1. The van der Waals surface area contributed by atoms with Crippen LogP contribution in [0.25, 0.3) is 0 Å². The lowest BCUT2D eigenvalue weighted by Gasteiger charge is -2.13. The van der Waals surface area contributed by atoms with Crippen LogP contribution in [0.2, 0.25) is 0 Å². The Kier molecular flexibility index (Phi) is 4.45. The van der Waals surface area contributed by atoms with Crippen LogP contribution in [-0.4, -0.2) is 21.7 Å². The Morgan fingerprint density at radius 3 is 3.00 bits per heavy atom. The van der Waals surface area contributed by atoms with Crippen LogP contribution < -0.4 is 16.6 Å². The van der Waals surface area contributed by atoms with Crippen molar-refractivity contribution in [2.45, 2.75) is 19.5 Å². The van der Waals surface area contributed by atoms with Crippen LogP contribution in [0.5, 0.6) is 0 Å². The van der Waals surface area contributed by atoms with Crippen molar-refractivity contribution in [3.8, 4) is 0 Å². The highest BCUT2D eigenvalue weighted by Crippen LogP contribution is 2.16. The fourth-order valence-electron chi connectivity index (χ4n) is 1.12. The highest BCUT2D eigenvalue weighted by atomic mass is 79.9. The van der Waals surface area contributed by atoms with Gasteiger partial charge in [-0.15, -0.1) is 6.58 Å². The van der Waals surface area contributed by atoms with Crippen molar-refractivity contribution in [1.82, 2.24) is 9.78 Å². The number of halogens is 1. The van der Waals surface area contributed by atoms with Crippen molar-refractivity contribution in [3.63, 3.8) is 0 Å². The van der Waals surface area contributed by atoms with Gasteiger partial charge in [-0.05, 0) is 22.9 Å². The molecule has 1 rings (SSSR count). The number of primary amides is 1. The van der Waals surface area contributed by atoms with E-state index in [9.17, 15) is 9.59 Å². The quantitative estimate of drug-likeness (QED) is 0.774. The normalized spacial score (nSPS) is 11.9. The molecule has 0 saturated heterocycles. The Morgan fingerprint density at radius 1 is 1.82 bits per heavy atom. The van der Waals surface area contributed by atoms with Crippen molar-refractivity contribution in [2.75, 3.05) is 5.32 Å². The molecule has 6 nitrogen and oxygen atoms in total. The number of rotatable bonds is 5. The molecule has 3 N–H and O–H groups in total. The van der Waals surface area contributed by atoms with Crippen molar-refractivity contribution in [2.24, 2.45) is 5.73 Å². The molecule has 0 bridgehead atoms. The number of anilines is 1. The van der Waals surface area contributed by atoms with Gasteiger partial charge >= 0.3 is 0 Å². The molecule has 0 saturated carbocycles. The first-order valence-electron chi connectivity index (χ1n) is 4.89. The lowest BCUT2D eigenvalue weighted by molar-refractivity contribution is -0.118. The molecule has 0 aromatic carbocycles. The van der Waals surface area contributed by atoms with E-state index in [1.54, 1.807) is 13.0 Å².